The monoisotopic (exact) mass is 603 g/mol. The fourth-order valence-corrected chi connectivity index (χ4v) is 6.08. The van der Waals surface area contributed by atoms with Crippen molar-refractivity contribution in [3.05, 3.63) is 47.5 Å². The molecule has 0 aliphatic carbocycles. The molecule has 1 amide bonds. The van der Waals surface area contributed by atoms with Gasteiger partial charge in [-0.05, 0) is 56.7 Å². The number of likely N-dealkylation sites (N-methyl/N-ethyl adjacent to an activating group) is 1. The summed E-state index contributed by atoms with van der Waals surface area (Å²) >= 11 is 6.62. The van der Waals surface area contributed by atoms with Gasteiger partial charge in [0.05, 0.1) is 27.3 Å². The molecule has 9 nitrogen and oxygen atoms in total. The number of hydrogen-bond acceptors (Lipinski definition) is 8. The lowest BCUT2D eigenvalue weighted by Gasteiger charge is -2.35. The van der Waals surface area contributed by atoms with Crippen molar-refractivity contribution in [3.63, 3.8) is 0 Å². The number of benzene rings is 1. The lowest BCUT2D eigenvalue weighted by atomic mass is 9.96. The van der Waals surface area contributed by atoms with Crippen LogP contribution in [-0.4, -0.2) is 82.6 Å². The molecular weight excluding hydrogens is 571 g/mol. The number of pyridine rings is 1. The van der Waals surface area contributed by atoms with Crippen molar-refractivity contribution in [2.24, 2.45) is 5.92 Å². The summed E-state index contributed by atoms with van der Waals surface area (Å²) in [6, 6.07) is 5.11. The maximum Gasteiger partial charge on any atom is 0.418 e. The number of nitrogens with two attached hydrogens (primary N) is 1. The molecular formula is C29H33ClF3N7O2. The van der Waals surface area contributed by atoms with Gasteiger partial charge in [-0.1, -0.05) is 25.1 Å². The van der Waals surface area contributed by atoms with E-state index in [0.29, 0.717) is 55.4 Å². The quantitative estimate of drug-likeness (QED) is 0.398. The number of carbonyl (C=O) groups excluding carboxylic acids is 1. The molecule has 42 heavy (non-hydrogen) atoms. The predicted molar refractivity (Wildman–Crippen MR) is 156 cm³/mol. The van der Waals surface area contributed by atoms with Crippen molar-refractivity contribution in [2.45, 2.75) is 32.0 Å². The Morgan fingerprint density at radius 2 is 1.93 bits per heavy atom. The molecule has 2 aromatic heterocycles. The number of likely N-dealkylation sites (tertiary alicyclic amines) is 1. The number of fused-ring (bicyclic) bond motifs is 1. The van der Waals surface area contributed by atoms with Gasteiger partial charge >= 0.3 is 12.2 Å². The van der Waals surface area contributed by atoms with Crippen LogP contribution in [0.1, 0.15) is 25.8 Å². The topological polar surface area (TPSA) is 101 Å². The Kier molecular flexibility index (Phi) is 7.97. The Balaban J connectivity index is 1.59. The van der Waals surface area contributed by atoms with Crippen LogP contribution < -0.4 is 15.4 Å². The number of nitrogens with zero attached hydrogens (tertiary/aromatic N) is 6. The average Bonchev–Trinajstić information content (AvgIpc) is 3.20. The number of nitrogen functional groups attached to an aromatic ring is 1. The first-order valence-corrected chi connectivity index (χ1v) is 14.0. The number of ether oxygens (including phenoxy) is 1. The summed E-state index contributed by atoms with van der Waals surface area (Å²) in [5, 5.41) is 0.578. The summed E-state index contributed by atoms with van der Waals surface area (Å²) in [6.07, 6.45) is -2.46. The lowest BCUT2D eigenvalue weighted by molar-refractivity contribution is -0.137. The molecule has 224 valence electrons. The van der Waals surface area contributed by atoms with E-state index in [9.17, 15) is 18.0 Å². The molecule has 0 saturated carbocycles. The summed E-state index contributed by atoms with van der Waals surface area (Å²) in [7, 11) is 2.05. The summed E-state index contributed by atoms with van der Waals surface area (Å²) in [6.45, 7) is 11.0. The molecule has 0 radical (unpaired) electrons. The highest BCUT2D eigenvalue weighted by molar-refractivity contribution is 6.34. The maximum absolute atomic E-state index is 13.9. The van der Waals surface area contributed by atoms with Crippen molar-refractivity contribution in [3.8, 4) is 17.3 Å². The molecule has 1 aromatic carbocycles. The van der Waals surface area contributed by atoms with Gasteiger partial charge in [-0.2, -0.15) is 23.1 Å². The molecule has 2 unspecified atom stereocenters. The van der Waals surface area contributed by atoms with Crippen LogP contribution in [0.2, 0.25) is 5.02 Å². The summed E-state index contributed by atoms with van der Waals surface area (Å²) in [4.78, 5) is 31.4. The van der Waals surface area contributed by atoms with E-state index in [4.69, 9.17) is 27.1 Å². The Labute approximate surface area is 247 Å². The normalized spacial score (nSPS) is 21.6. The van der Waals surface area contributed by atoms with Crippen LogP contribution in [0.3, 0.4) is 0 Å². The third kappa shape index (κ3) is 5.82. The molecule has 0 spiro atoms. The minimum absolute atomic E-state index is 0.0390. The van der Waals surface area contributed by atoms with Crippen molar-refractivity contribution in [1.29, 1.82) is 0 Å². The Morgan fingerprint density at radius 3 is 2.55 bits per heavy atom. The lowest BCUT2D eigenvalue weighted by Crippen LogP contribution is -2.48. The smallest absolute Gasteiger partial charge is 0.418 e. The third-order valence-corrected chi connectivity index (χ3v) is 8.41. The number of anilines is 2. The highest BCUT2D eigenvalue weighted by Crippen LogP contribution is 2.41. The molecule has 2 saturated heterocycles. The van der Waals surface area contributed by atoms with Crippen LogP contribution in [0, 0.1) is 5.92 Å². The SMILES string of the molecule is C=CC(=O)N1CCN(c2nc(OCC3(C)CC(C)CN3C)nc3cc(-c4nc(N)ccc4C(F)(F)F)c(Cl)cc23)CC1. The van der Waals surface area contributed by atoms with Gasteiger partial charge in [0, 0.05) is 43.7 Å². The van der Waals surface area contributed by atoms with Crippen LogP contribution in [0.15, 0.2) is 36.9 Å². The molecule has 2 aliphatic heterocycles. The van der Waals surface area contributed by atoms with Crippen LogP contribution >= 0.6 is 11.6 Å². The minimum atomic E-state index is -4.68. The highest BCUT2D eigenvalue weighted by Gasteiger charge is 2.39. The Hall–Kier alpha value is -3.64. The zero-order valence-electron chi connectivity index (χ0n) is 23.7. The molecule has 2 aliphatic rings. The molecule has 2 fully saturated rings. The molecule has 5 rings (SSSR count). The van der Waals surface area contributed by atoms with E-state index < -0.39 is 11.7 Å². The number of carbonyl (C=O) groups is 1. The fourth-order valence-electron chi connectivity index (χ4n) is 5.82. The molecule has 4 heterocycles. The third-order valence-electron chi connectivity index (χ3n) is 8.09. The number of hydrogen-bond donors (Lipinski definition) is 1. The van der Waals surface area contributed by atoms with Gasteiger partial charge in [-0.3, -0.25) is 9.69 Å². The van der Waals surface area contributed by atoms with Crippen molar-refractivity contribution >= 4 is 40.0 Å². The number of aromatic nitrogens is 3. The number of amides is 1. The van der Waals surface area contributed by atoms with E-state index in [2.05, 4.69) is 42.3 Å². The zero-order valence-corrected chi connectivity index (χ0v) is 24.5. The minimum Gasteiger partial charge on any atom is -0.461 e. The molecule has 0 bridgehead atoms. The van der Waals surface area contributed by atoms with E-state index in [1.165, 1.54) is 12.1 Å². The second-order valence-corrected chi connectivity index (χ2v) is 11.7. The standard InChI is InChI=1S/C29H33ClF3N7O2/c1-5-24(41)39-8-10-40(11-9-39)26-19-12-21(30)18(25-20(29(31,32)33)6-7-23(34)36-25)13-22(19)35-27(37-26)42-16-28(3)14-17(2)15-38(28)4/h5-7,12-13,17H,1,8-11,14-16H2,2-4H3,(H2,34,36). The van der Waals surface area contributed by atoms with Crippen LogP contribution in [0.5, 0.6) is 6.01 Å². The molecule has 2 N–H and O–H groups in total. The number of halogens is 4. The van der Waals surface area contributed by atoms with Gasteiger partial charge in [0.15, 0.2) is 0 Å². The van der Waals surface area contributed by atoms with Gasteiger partial charge in [-0.25, -0.2) is 4.98 Å². The number of piperazine rings is 1. The average molecular weight is 604 g/mol. The fraction of sp³-hybridized carbons (Fsp3) is 0.448. The van der Waals surface area contributed by atoms with Crippen molar-refractivity contribution in [1.82, 2.24) is 24.8 Å². The first kappa shape index (κ1) is 29.8. The second kappa shape index (κ2) is 11.2. The molecule has 3 aromatic rings. The van der Waals surface area contributed by atoms with E-state index >= 15 is 0 Å². The Bertz CT molecular complexity index is 1530. The van der Waals surface area contributed by atoms with Gasteiger partial charge < -0.3 is 20.3 Å². The van der Waals surface area contributed by atoms with Gasteiger partial charge in [0.2, 0.25) is 5.91 Å². The van der Waals surface area contributed by atoms with Crippen molar-refractivity contribution < 1.29 is 22.7 Å². The highest BCUT2D eigenvalue weighted by atomic mass is 35.5. The van der Waals surface area contributed by atoms with Gasteiger partial charge in [-0.15, -0.1) is 0 Å². The summed E-state index contributed by atoms with van der Waals surface area (Å²) in [5.74, 6) is 0.794. The van der Waals surface area contributed by atoms with Crippen LogP contribution in [0.4, 0.5) is 24.8 Å². The maximum atomic E-state index is 13.9. The van der Waals surface area contributed by atoms with Crippen LogP contribution in [-0.2, 0) is 11.0 Å². The molecule has 13 heteroatoms. The van der Waals surface area contributed by atoms with Crippen molar-refractivity contribution in [2.75, 3.05) is 57.0 Å². The summed E-state index contributed by atoms with van der Waals surface area (Å²) < 4.78 is 48.0. The zero-order chi connectivity index (χ0) is 30.4. The number of alkyl halides is 3. The van der Waals surface area contributed by atoms with E-state index in [1.54, 1.807) is 11.0 Å². The molecule has 2 atom stereocenters. The van der Waals surface area contributed by atoms with E-state index in [1.807, 2.05) is 4.90 Å². The second-order valence-electron chi connectivity index (χ2n) is 11.3. The Morgan fingerprint density at radius 1 is 1.21 bits per heavy atom. The first-order valence-electron chi connectivity index (χ1n) is 13.6. The van der Waals surface area contributed by atoms with E-state index in [0.717, 1.165) is 25.1 Å². The van der Waals surface area contributed by atoms with E-state index in [-0.39, 0.29) is 39.6 Å². The van der Waals surface area contributed by atoms with Crippen LogP contribution in [0.25, 0.3) is 22.2 Å². The number of rotatable bonds is 6. The largest absolute Gasteiger partial charge is 0.461 e. The predicted octanol–water partition coefficient (Wildman–Crippen LogP) is 4.89. The summed E-state index contributed by atoms with van der Waals surface area (Å²) in [5.41, 5.74) is 4.59. The first-order chi connectivity index (χ1) is 19.8. The van der Waals surface area contributed by atoms with Gasteiger partial charge in [0.25, 0.3) is 0 Å². The van der Waals surface area contributed by atoms with Gasteiger partial charge in [0.1, 0.15) is 18.2 Å².